The van der Waals surface area contributed by atoms with E-state index in [1.165, 1.54) is 0 Å². The molecule has 0 atom stereocenters. The highest BCUT2D eigenvalue weighted by molar-refractivity contribution is 6.58. The maximum Gasteiger partial charge on any atom is 0.488 e. The lowest BCUT2D eigenvalue weighted by Crippen LogP contribution is -2.29. The van der Waals surface area contributed by atoms with Gasteiger partial charge in [0.2, 0.25) is 0 Å². The van der Waals surface area contributed by atoms with Crippen molar-refractivity contribution in [3.05, 3.63) is 29.5 Å². The van der Waals surface area contributed by atoms with Crippen molar-refractivity contribution in [2.45, 2.75) is 27.2 Å². The Morgan fingerprint density at radius 3 is 2.59 bits per heavy atom. The summed E-state index contributed by atoms with van der Waals surface area (Å²) in [7, 11) is -1.45. The zero-order chi connectivity index (χ0) is 12.6. The lowest BCUT2D eigenvalue weighted by molar-refractivity contribution is 0.425. The van der Waals surface area contributed by atoms with Crippen molar-refractivity contribution in [1.82, 2.24) is 0 Å². The van der Waals surface area contributed by atoms with Crippen LogP contribution in [0.25, 0.3) is 11.0 Å². The van der Waals surface area contributed by atoms with Crippen LogP contribution in [0.2, 0.25) is 0 Å². The Bertz CT molecular complexity index is 529. The van der Waals surface area contributed by atoms with Gasteiger partial charge >= 0.3 is 7.12 Å². The van der Waals surface area contributed by atoms with Crippen LogP contribution in [0.1, 0.15) is 25.2 Å². The lowest BCUT2D eigenvalue weighted by Gasteiger charge is -2.01. The van der Waals surface area contributed by atoms with E-state index in [-0.39, 0.29) is 0 Å². The van der Waals surface area contributed by atoms with Crippen LogP contribution in [0.4, 0.5) is 0 Å². The molecule has 0 bridgehead atoms. The lowest BCUT2D eigenvalue weighted by atomic mass is 9.80. The summed E-state index contributed by atoms with van der Waals surface area (Å²) in [6.07, 6.45) is 0.900. The Labute approximate surface area is 101 Å². The van der Waals surface area contributed by atoms with Crippen LogP contribution in [-0.2, 0) is 6.42 Å². The summed E-state index contributed by atoms with van der Waals surface area (Å²) in [6.45, 7) is 6.34. The number of aryl methyl sites for hydroxylation is 1. The van der Waals surface area contributed by atoms with E-state index < -0.39 is 7.12 Å². The third-order valence-electron chi connectivity index (χ3n) is 2.95. The van der Waals surface area contributed by atoms with Gasteiger partial charge in [0.1, 0.15) is 11.3 Å². The summed E-state index contributed by atoms with van der Waals surface area (Å²) >= 11 is 0. The molecule has 0 fully saturated rings. The first-order valence-corrected chi connectivity index (χ1v) is 5.87. The Kier molecular flexibility index (Phi) is 3.27. The van der Waals surface area contributed by atoms with Crippen LogP contribution in [0, 0.1) is 12.8 Å². The van der Waals surface area contributed by atoms with Crippen molar-refractivity contribution in [1.29, 1.82) is 0 Å². The highest BCUT2D eigenvalue weighted by atomic mass is 16.4. The minimum atomic E-state index is -1.45. The Hall–Kier alpha value is -1.26. The molecular formula is C13H17BO3. The van der Waals surface area contributed by atoms with E-state index in [1.54, 1.807) is 12.1 Å². The molecule has 0 unspecified atom stereocenters. The van der Waals surface area contributed by atoms with Gasteiger partial charge in [0.15, 0.2) is 0 Å². The Morgan fingerprint density at radius 2 is 2.00 bits per heavy atom. The third-order valence-corrected chi connectivity index (χ3v) is 2.95. The van der Waals surface area contributed by atoms with Gasteiger partial charge in [-0.1, -0.05) is 26.0 Å². The average Bonchev–Trinajstić information content (AvgIpc) is 2.54. The minimum absolute atomic E-state index is 0.461. The third kappa shape index (κ3) is 2.38. The van der Waals surface area contributed by atoms with Gasteiger partial charge in [0.25, 0.3) is 0 Å². The second kappa shape index (κ2) is 4.55. The molecule has 2 rings (SSSR count). The molecule has 0 spiro atoms. The quantitative estimate of drug-likeness (QED) is 0.790. The van der Waals surface area contributed by atoms with Crippen LogP contribution < -0.4 is 5.46 Å². The van der Waals surface area contributed by atoms with Crippen molar-refractivity contribution in [3.8, 4) is 0 Å². The zero-order valence-electron chi connectivity index (χ0n) is 10.4. The molecule has 0 aliphatic rings. The first-order valence-electron chi connectivity index (χ1n) is 5.87. The molecule has 0 aliphatic heterocycles. The van der Waals surface area contributed by atoms with Gasteiger partial charge in [-0.3, -0.25) is 0 Å². The number of rotatable bonds is 3. The van der Waals surface area contributed by atoms with Crippen molar-refractivity contribution in [2.24, 2.45) is 5.92 Å². The highest BCUT2D eigenvalue weighted by Gasteiger charge is 2.16. The molecule has 0 saturated heterocycles. The summed E-state index contributed by atoms with van der Waals surface area (Å²) < 4.78 is 5.78. The molecule has 0 saturated carbocycles. The topological polar surface area (TPSA) is 53.6 Å². The summed E-state index contributed by atoms with van der Waals surface area (Å²) in [5.74, 6) is 1.52. The van der Waals surface area contributed by atoms with Gasteiger partial charge in [0.05, 0.1) is 0 Å². The fraction of sp³-hybridized carbons (Fsp3) is 0.385. The number of furan rings is 1. The van der Waals surface area contributed by atoms with Gasteiger partial charge in [-0.05, 0) is 29.9 Å². The molecule has 2 aromatic rings. The predicted octanol–water partition coefficient (Wildman–Crippen LogP) is 1.62. The minimum Gasteiger partial charge on any atom is -0.461 e. The summed E-state index contributed by atoms with van der Waals surface area (Å²) in [5.41, 5.74) is 2.33. The molecule has 4 heteroatoms. The van der Waals surface area contributed by atoms with Crippen molar-refractivity contribution in [3.63, 3.8) is 0 Å². The van der Waals surface area contributed by atoms with Crippen LogP contribution >= 0.6 is 0 Å². The average molecular weight is 232 g/mol. The monoisotopic (exact) mass is 232 g/mol. The van der Waals surface area contributed by atoms with Gasteiger partial charge < -0.3 is 14.5 Å². The van der Waals surface area contributed by atoms with Crippen molar-refractivity contribution < 1.29 is 14.5 Å². The van der Waals surface area contributed by atoms with Crippen LogP contribution in [0.5, 0.6) is 0 Å². The number of benzene rings is 1. The van der Waals surface area contributed by atoms with Gasteiger partial charge in [-0.15, -0.1) is 0 Å². The van der Waals surface area contributed by atoms with E-state index in [0.29, 0.717) is 11.4 Å². The van der Waals surface area contributed by atoms with Crippen LogP contribution in [-0.4, -0.2) is 17.2 Å². The summed E-state index contributed by atoms with van der Waals surface area (Å²) in [6, 6.07) is 5.29. The molecule has 90 valence electrons. The normalized spacial score (nSPS) is 11.4. The van der Waals surface area contributed by atoms with E-state index in [9.17, 15) is 0 Å². The van der Waals surface area contributed by atoms with E-state index in [0.717, 1.165) is 28.7 Å². The van der Waals surface area contributed by atoms with E-state index in [4.69, 9.17) is 14.5 Å². The first kappa shape index (κ1) is 12.2. The van der Waals surface area contributed by atoms with Crippen LogP contribution in [0.15, 0.2) is 22.6 Å². The molecule has 3 nitrogen and oxygen atoms in total. The zero-order valence-corrected chi connectivity index (χ0v) is 10.4. The molecule has 0 radical (unpaired) electrons. The van der Waals surface area contributed by atoms with Crippen LogP contribution in [0.3, 0.4) is 0 Å². The van der Waals surface area contributed by atoms with E-state index in [1.807, 2.05) is 13.0 Å². The fourth-order valence-electron chi connectivity index (χ4n) is 2.02. The van der Waals surface area contributed by atoms with Crippen molar-refractivity contribution in [2.75, 3.05) is 0 Å². The molecule has 2 N–H and O–H groups in total. The fourth-order valence-corrected chi connectivity index (χ4v) is 2.02. The van der Waals surface area contributed by atoms with Gasteiger partial charge in [0, 0.05) is 11.8 Å². The molecule has 1 aromatic carbocycles. The predicted molar refractivity (Wildman–Crippen MR) is 69.3 cm³/mol. The molecule has 1 heterocycles. The molecular weight excluding hydrogens is 215 g/mol. The van der Waals surface area contributed by atoms with E-state index >= 15 is 0 Å². The SMILES string of the molecule is Cc1c(CC(C)C)oc2cc(B(O)O)ccc12. The first-order chi connectivity index (χ1) is 7.99. The van der Waals surface area contributed by atoms with Crippen molar-refractivity contribution >= 4 is 23.6 Å². The second-order valence-electron chi connectivity index (χ2n) is 4.88. The molecule has 17 heavy (non-hydrogen) atoms. The Balaban J connectivity index is 2.49. The number of hydrogen-bond donors (Lipinski definition) is 2. The molecule has 0 amide bonds. The highest BCUT2D eigenvalue weighted by Crippen LogP contribution is 2.26. The number of hydrogen-bond acceptors (Lipinski definition) is 3. The van der Waals surface area contributed by atoms with E-state index in [2.05, 4.69) is 13.8 Å². The molecule has 1 aromatic heterocycles. The maximum atomic E-state index is 9.12. The van der Waals surface area contributed by atoms with Gasteiger partial charge in [-0.25, -0.2) is 0 Å². The Morgan fingerprint density at radius 1 is 1.29 bits per heavy atom. The number of fused-ring (bicyclic) bond motifs is 1. The van der Waals surface area contributed by atoms with Gasteiger partial charge in [-0.2, -0.15) is 0 Å². The smallest absolute Gasteiger partial charge is 0.461 e. The standard InChI is InChI=1S/C13H17BO3/c1-8(2)6-12-9(3)11-5-4-10(14(15)16)7-13(11)17-12/h4-5,7-8,15-16H,6H2,1-3H3. The summed E-state index contributed by atoms with van der Waals surface area (Å²) in [4.78, 5) is 0. The summed E-state index contributed by atoms with van der Waals surface area (Å²) in [5, 5.41) is 19.3. The second-order valence-corrected chi connectivity index (χ2v) is 4.88. The molecule has 0 aliphatic carbocycles. The largest absolute Gasteiger partial charge is 0.488 e. The maximum absolute atomic E-state index is 9.12.